The largest absolute Gasteiger partial charge is 0.368 e. The van der Waals surface area contributed by atoms with Crippen LogP contribution in [-0.2, 0) is 38.8 Å². The first-order valence-corrected chi connectivity index (χ1v) is 13.8. The van der Waals surface area contributed by atoms with Crippen LogP contribution in [0.5, 0.6) is 0 Å². The van der Waals surface area contributed by atoms with E-state index in [0.29, 0.717) is 31.6 Å². The Morgan fingerprint density at radius 2 is 1.15 bits per heavy atom. The molecule has 1 aliphatic rings. The molecule has 0 spiro atoms. The Bertz CT molecular complexity index is 1500. The van der Waals surface area contributed by atoms with Crippen LogP contribution in [0.3, 0.4) is 0 Å². The van der Waals surface area contributed by atoms with Crippen molar-refractivity contribution in [1.29, 1.82) is 0 Å². The lowest BCUT2D eigenvalue weighted by Gasteiger charge is -2.42. The third-order valence-corrected chi connectivity index (χ3v) is 7.37. The summed E-state index contributed by atoms with van der Waals surface area (Å²) in [4.78, 5) is 0. The predicted octanol–water partition coefficient (Wildman–Crippen LogP) is 6.97. The summed E-state index contributed by atoms with van der Waals surface area (Å²) in [5, 5.41) is 5.95. The Morgan fingerprint density at radius 1 is 0.650 bits per heavy atom. The Morgan fingerprint density at radius 3 is 1.75 bits per heavy atom. The summed E-state index contributed by atoms with van der Waals surface area (Å²) in [6, 6.07) is 38.2. The van der Waals surface area contributed by atoms with Gasteiger partial charge in [-0.05, 0) is 28.8 Å². The van der Waals surface area contributed by atoms with E-state index < -0.39 is 18.4 Å². The molecular formula is C33H31ClN2O4. The molecule has 1 aromatic heterocycles. The molecule has 2 heterocycles. The van der Waals surface area contributed by atoms with Gasteiger partial charge in [-0.3, -0.25) is 0 Å². The number of nitrogens with zero attached hydrogens (tertiary/aromatic N) is 2. The lowest BCUT2D eigenvalue weighted by atomic mass is 10.0. The molecule has 0 radical (unpaired) electrons. The first-order valence-electron chi connectivity index (χ1n) is 13.5. The van der Waals surface area contributed by atoms with Crippen molar-refractivity contribution in [3.8, 4) is 0 Å². The minimum Gasteiger partial charge on any atom is -0.368 e. The number of aromatic nitrogens is 2. The Labute approximate surface area is 239 Å². The van der Waals surface area contributed by atoms with Crippen LogP contribution >= 0.6 is 11.6 Å². The molecule has 7 heteroatoms. The lowest BCUT2D eigenvalue weighted by molar-refractivity contribution is -0.257. The van der Waals surface area contributed by atoms with Crippen LogP contribution in [0.4, 0.5) is 0 Å². The fourth-order valence-electron chi connectivity index (χ4n) is 5.04. The van der Waals surface area contributed by atoms with Gasteiger partial charge >= 0.3 is 0 Å². The van der Waals surface area contributed by atoms with Crippen LogP contribution in [0.2, 0.25) is 5.15 Å². The van der Waals surface area contributed by atoms with Gasteiger partial charge < -0.3 is 18.9 Å². The highest BCUT2D eigenvalue weighted by Gasteiger charge is 2.45. The minimum atomic E-state index is -0.571. The molecule has 1 unspecified atom stereocenters. The third kappa shape index (κ3) is 6.12. The molecule has 1 aliphatic heterocycles. The van der Waals surface area contributed by atoms with Gasteiger partial charge in [0.2, 0.25) is 0 Å². The van der Waals surface area contributed by atoms with Crippen molar-refractivity contribution in [2.24, 2.45) is 0 Å². The van der Waals surface area contributed by atoms with E-state index in [-0.39, 0.29) is 6.10 Å². The zero-order valence-corrected chi connectivity index (χ0v) is 22.8. The van der Waals surface area contributed by atoms with Crippen molar-refractivity contribution in [2.75, 3.05) is 6.61 Å². The summed E-state index contributed by atoms with van der Waals surface area (Å²) in [7, 11) is 0. The average molecular weight is 555 g/mol. The molecule has 0 N–H and O–H groups in total. The highest BCUT2D eigenvalue weighted by atomic mass is 35.5. The Hall–Kier alpha value is -3.52. The molecule has 1 fully saturated rings. The standard InChI is InChI=1S/C33H31ClN2O4/c34-32-27-18-10-11-19-28(27)36(35-32)33-31(39-22-26-16-8-3-9-17-26)30(38-21-25-14-6-2-7-15-25)29(23-40-33)37-20-24-12-4-1-5-13-24/h1-19,29-31,33H,20-23H2/t29-,30+,31-,33?/m1/s1. The first kappa shape index (κ1) is 26.7. The molecule has 6 nitrogen and oxygen atoms in total. The number of hydrogen-bond donors (Lipinski definition) is 0. The van der Waals surface area contributed by atoms with Gasteiger partial charge in [-0.15, -0.1) is 0 Å². The van der Waals surface area contributed by atoms with E-state index in [1.807, 2.05) is 108 Å². The van der Waals surface area contributed by atoms with Gasteiger partial charge in [0.25, 0.3) is 0 Å². The molecule has 0 saturated carbocycles. The fourth-order valence-corrected chi connectivity index (χ4v) is 5.29. The molecule has 0 bridgehead atoms. The van der Waals surface area contributed by atoms with E-state index in [0.717, 1.165) is 27.6 Å². The molecular weight excluding hydrogens is 524 g/mol. The summed E-state index contributed by atoms with van der Waals surface area (Å²) in [5.41, 5.74) is 4.08. The summed E-state index contributed by atoms with van der Waals surface area (Å²) >= 11 is 6.56. The van der Waals surface area contributed by atoms with Crippen LogP contribution in [0.1, 0.15) is 22.9 Å². The first-order chi connectivity index (χ1) is 19.8. The van der Waals surface area contributed by atoms with Crippen molar-refractivity contribution in [1.82, 2.24) is 9.78 Å². The maximum absolute atomic E-state index is 6.64. The van der Waals surface area contributed by atoms with Crippen molar-refractivity contribution in [3.05, 3.63) is 137 Å². The van der Waals surface area contributed by atoms with Gasteiger partial charge in [0.1, 0.15) is 18.3 Å². The van der Waals surface area contributed by atoms with Gasteiger partial charge in [0.05, 0.1) is 31.9 Å². The maximum Gasteiger partial charge on any atom is 0.179 e. The SMILES string of the molecule is Clc1nn(C2OC[C@@H](OCc3ccccc3)[C@H](OCc3ccccc3)[C@H]2OCc2ccccc2)c2ccccc12. The summed E-state index contributed by atoms with van der Waals surface area (Å²) in [5.74, 6) is 0. The average Bonchev–Trinajstić information content (AvgIpc) is 3.35. The van der Waals surface area contributed by atoms with E-state index in [1.54, 1.807) is 0 Å². The molecule has 0 amide bonds. The van der Waals surface area contributed by atoms with Gasteiger partial charge in [-0.2, -0.15) is 5.10 Å². The van der Waals surface area contributed by atoms with Crippen molar-refractivity contribution in [2.45, 2.75) is 44.4 Å². The summed E-state index contributed by atoms with van der Waals surface area (Å²) < 4.78 is 28.0. The van der Waals surface area contributed by atoms with Gasteiger partial charge in [-0.25, -0.2) is 4.68 Å². The molecule has 0 aliphatic carbocycles. The van der Waals surface area contributed by atoms with Crippen molar-refractivity contribution < 1.29 is 18.9 Å². The highest BCUT2D eigenvalue weighted by Crippen LogP contribution is 2.35. The van der Waals surface area contributed by atoms with Gasteiger partial charge in [0, 0.05) is 5.39 Å². The molecule has 4 aromatic carbocycles. The van der Waals surface area contributed by atoms with E-state index in [9.17, 15) is 0 Å². The number of ether oxygens (including phenoxy) is 4. The smallest absolute Gasteiger partial charge is 0.179 e. The zero-order chi connectivity index (χ0) is 27.1. The number of hydrogen-bond acceptors (Lipinski definition) is 5. The number of fused-ring (bicyclic) bond motifs is 1. The van der Waals surface area contributed by atoms with Crippen LogP contribution in [0, 0.1) is 0 Å². The van der Waals surface area contributed by atoms with Crippen LogP contribution in [0.25, 0.3) is 10.9 Å². The molecule has 6 rings (SSSR count). The third-order valence-electron chi connectivity index (χ3n) is 7.09. The van der Waals surface area contributed by atoms with Gasteiger partial charge in [0.15, 0.2) is 11.4 Å². The molecule has 5 aromatic rings. The van der Waals surface area contributed by atoms with E-state index in [4.69, 9.17) is 30.5 Å². The number of halogens is 1. The fraction of sp³-hybridized carbons (Fsp3) is 0.242. The van der Waals surface area contributed by atoms with Crippen molar-refractivity contribution in [3.63, 3.8) is 0 Å². The van der Waals surface area contributed by atoms with Crippen molar-refractivity contribution >= 4 is 22.5 Å². The van der Waals surface area contributed by atoms with E-state index >= 15 is 0 Å². The number of para-hydroxylation sites is 1. The highest BCUT2D eigenvalue weighted by molar-refractivity contribution is 6.34. The molecule has 4 atom stereocenters. The molecule has 40 heavy (non-hydrogen) atoms. The van der Waals surface area contributed by atoms with E-state index in [1.165, 1.54) is 0 Å². The second-order valence-corrected chi connectivity index (χ2v) is 10.2. The van der Waals surface area contributed by atoms with Crippen LogP contribution < -0.4 is 0 Å². The second kappa shape index (κ2) is 12.8. The lowest BCUT2D eigenvalue weighted by Crippen LogP contribution is -2.54. The molecule has 204 valence electrons. The topological polar surface area (TPSA) is 54.7 Å². The Balaban J connectivity index is 1.33. The second-order valence-electron chi connectivity index (χ2n) is 9.83. The van der Waals surface area contributed by atoms with Gasteiger partial charge in [-0.1, -0.05) is 115 Å². The van der Waals surface area contributed by atoms with E-state index in [2.05, 4.69) is 17.2 Å². The summed E-state index contributed by atoms with van der Waals surface area (Å²) in [6.07, 6.45) is -1.90. The zero-order valence-electron chi connectivity index (χ0n) is 22.0. The maximum atomic E-state index is 6.64. The number of benzene rings is 4. The summed E-state index contributed by atoms with van der Waals surface area (Å²) in [6.45, 7) is 1.55. The Kier molecular flexibility index (Phi) is 8.52. The number of rotatable bonds is 10. The van der Waals surface area contributed by atoms with Crippen LogP contribution in [-0.4, -0.2) is 34.7 Å². The monoisotopic (exact) mass is 554 g/mol. The normalized spacial score (nSPS) is 21.0. The van der Waals surface area contributed by atoms with Crippen LogP contribution in [0.15, 0.2) is 115 Å². The molecule has 1 saturated heterocycles. The predicted molar refractivity (Wildman–Crippen MR) is 155 cm³/mol. The minimum absolute atomic E-state index is 0.313. The quantitative estimate of drug-likeness (QED) is 0.186.